The molecular formula is C17H26N2O2. The highest BCUT2D eigenvalue weighted by molar-refractivity contribution is 5.76. The average molecular weight is 290 g/mol. The summed E-state index contributed by atoms with van der Waals surface area (Å²) in [7, 11) is 1.94. The first kappa shape index (κ1) is 15.7. The van der Waals surface area contributed by atoms with E-state index < -0.39 is 0 Å². The summed E-state index contributed by atoms with van der Waals surface area (Å²) in [5, 5.41) is 0. The van der Waals surface area contributed by atoms with Gasteiger partial charge in [0, 0.05) is 19.5 Å². The number of hydrogen-bond donors (Lipinski definition) is 1. The number of hydrogen-bond acceptors (Lipinski definition) is 3. The highest BCUT2D eigenvalue weighted by Crippen LogP contribution is 2.22. The van der Waals surface area contributed by atoms with Crippen LogP contribution in [0.3, 0.4) is 0 Å². The number of anilines is 1. The molecule has 0 unspecified atom stereocenters. The molecule has 0 heterocycles. The third-order valence-electron chi connectivity index (χ3n) is 4.23. The van der Waals surface area contributed by atoms with Gasteiger partial charge in [-0.25, -0.2) is 0 Å². The number of rotatable bonds is 6. The number of carbonyl (C=O) groups excluding carboxylic acids is 1. The fourth-order valence-electron chi connectivity index (χ4n) is 2.87. The molecule has 1 aliphatic carbocycles. The van der Waals surface area contributed by atoms with Crippen LogP contribution in [0.4, 0.5) is 5.69 Å². The molecule has 1 fully saturated rings. The van der Waals surface area contributed by atoms with Crippen molar-refractivity contribution in [3.05, 3.63) is 24.3 Å². The number of carbonyl (C=O) groups is 1. The quantitative estimate of drug-likeness (QED) is 0.646. The van der Waals surface area contributed by atoms with Crippen molar-refractivity contribution in [2.75, 3.05) is 19.4 Å². The van der Waals surface area contributed by atoms with Crippen LogP contribution in [0.5, 0.6) is 5.75 Å². The van der Waals surface area contributed by atoms with E-state index in [1.54, 1.807) is 0 Å². The molecule has 1 aromatic carbocycles. The molecule has 1 saturated carbocycles. The largest absolute Gasteiger partial charge is 0.491 e. The van der Waals surface area contributed by atoms with Crippen LogP contribution in [0, 0.1) is 0 Å². The number of amides is 1. The summed E-state index contributed by atoms with van der Waals surface area (Å²) in [4.78, 5) is 14.1. The molecule has 4 heteroatoms. The van der Waals surface area contributed by atoms with Crippen molar-refractivity contribution in [1.82, 2.24) is 4.90 Å². The van der Waals surface area contributed by atoms with Crippen molar-refractivity contribution < 1.29 is 9.53 Å². The number of benzene rings is 1. The van der Waals surface area contributed by atoms with Crippen molar-refractivity contribution in [2.45, 2.75) is 51.0 Å². The van der Waals surface area contributed by atoms with Crippen LogP contribution in [0.1, 0.15) is 44.9 Å². The van der Waals surface area contributed by atoms with Crippen molar-refractivity contribution >= 4 is 11.6 Å². The lowest BCUT2D eigenvalue weighted by atomic mass is 9.94. The summed E-state index contributed by atoms with van der Waals surface area (Å²) in [5.41, 5.74) is 6.45. The normalized spacial score (nSPS) is 15.7. The predicted octanol–water partition coefficient (Wildman–Crippen LogP) is 3.22. The minimum absolute atomic E-state index is 0.228. The van der Waals surface area contributed by atoms with Gasteiger partial charge >= 0.3 is 0 Å². The Morgan fingerprint density at radius 2 is 2.00 bits per heavy atom. The fraction of sp³-hybridized carbons (Fsp3) is 0.588. The van der Waals surface area contributed by atoms with Gasteiger partial charge in [0.1, 0.15) is 5.75 Å². The topological polar surface area (TPSA) is 55.6 Å². The SMILES string of the molecule is CN(C(=O)CCCOc1ccccc1N)C1CCCCC1. The number of para-hydroxylation sites is 2. The molecule has 4 nitrogen and oxygen atoms in total. The molecule has 0 spiro atoms. The molecule has 0 atom stereocenters. The summed E-state index contributed by atoms with van der Waals surface area (Å²) in [6.07, 6.45) is 7.38. The smallest absolute Gasteiger partial charge is 0.222 e. The Balaban J connectivity index is 1.68. The van der Waals surface area contributed by atoms with Crippen LogP contribution >= 0.6 is 0 Å². The lowest BCUT2D eigenvalue weighted by molar-refractivity contribution is -0.132. The van der Waals surface area contributed by atoms with Crippen LogP contribution in [0.25, 0.3) is 0 Å². The molecule has 0 aliphatic heterocycles. The number of nitrogens with two attached hydrogens (primary N) is 1. The van der Waals surface area contributed by atoms with E-state index in [4.69, 9.17) is 10.5 Å². The van der Waals surface area contributed by atoms with E-state index in [0.29, 0.717) is 30.5 Å². The lowest BCUT2D eigenvalue weighted by Gasteiger charge is -2.31. The standard InChI is InChI=1S/C17H26N2O2/c1-19(14-8-3-2-4-9-14)17(20)12-7-13-21-16-11-6-5-10-15(16)18/h5-6,10-11,14H,2-4,7-9,12-13,18H2,1H3. The Kier molecular flexibility index (Phi) is 5.90. The van der Waals surface area contributed by atoms with Gasteiger partial charge in [0.2, 0.25) is 5.91 Å². The van der Waals surface area contributed by atoms with E-state index in [-0.39, 0.29) is 5.91 Å². The summed E-state index contributed by atoms with van der Waals surface area (Å²) < 4.78 is 5.62. The van der Waals surface area contributed by atoms with Crippen LogP contribution in [0.15, 0.2) is 24.3 Å². The lowest BCUT2D eigenvalue weighted by Crippen LogP contribution is -2.38. The van der Waals surface area contributed by atoms with Gasteiger partial charge in [0.25, 0.3) is 0 Å². The zero-order valence-electron chi connectivity index (χ0n) is 12.9. The first-order valence-corrected chi connectivity index (χ1v) is 7.91. The van der Waals surface area contributed by atoms with E-state index in [9.17, 15) is 4.79 Å². The van der Waals surface area contributed by atoms with Crippen molar-refractivity contribution in [3.63, 3.8) is 0 Å². The van der Waals surface area contributed by atoms with Gasteiger partial charge in [-0.2, -0.15) is 0 Å². The molecular weight excluding hydrogens is 264 g/mol. The van der Waals surface area contributed by atoms with E-state index in [2.05, 4.69) is 0 Å². The minimum Gasteiger partial charge on any atom is -0.491 e. The first-order valence-electron chi connectivity index (χ1n) is 7.91. The number of nitrogens with zero attached hydrogens (tertiary/aromatic N) is 1. The third-order valence-corrected chi connectivity index (χ3v) is 4.23. The molecule has 0 bridgehead atoms. The van der Waals surface area contributed by atoms with Crippen LogP contribution in [-0.2, 0) is 4.79 Å². The molecule has 0 saturated heterocycles. The van der Waals surface area contributed by atoms with Gasteiger partial charge in [-0.3, -0.25) is 4.79 Å². The molecule has 1 amide bonds. The van der Waals surface area contributed by atoms with Gasteiger partial charge < -0.3 is 15.4 Å². The second-order valence-electron chi connectivity index (χ2n) is 5.79. The Labute approximate surface area is 127 Å². The highest BCUT2D eigenvalue weighted by Gasteiger charge is 2.21. The van der Waals surface area contributed by atoms with Crippen LogP contribution in [-0.4, -0.2) is 30.5 Å². The van der Waals surface area contributed by atoms with E-state index in [1.165, 1.54) is 19.3 Å². The molecule has 0 radical (unpaired) electrons. The Morgan fingerprint density at radius 3 is 2.71 bits per heavy atom. The van der Waals surface area contributed by atoms with Crippen molar-refractivity contribution in [1.29, 1.82) is 0 Å². The van der Waals surface area contributed by atoms with Gasteiger partial charge in [-0.1, -0.05) is 31.4 Å². The molecule has 21 heavy (non-hydrogen) atoms. The maximum Gasteiger partial charge on any atom is 0.222 e. The van der Waals surface area contributed by atoms with Crippen LogP contribution in [0.2, 0.25) is 0 Å². The second-order valence-corrected chi connectivity index (χ2v) is 5.79. The Morgan fingerprint density at radius 1 is 1.29 bits per heavy atom. The summed E-state index contributed by atoms with van der Waals surface area (Å²) in [5.74, 6) is 0.928. The molecule has 1 aliphatic rings. The summed E-state index contributed by atoms with van der Waals surface area (Å²) in [6, 6.07) is 7.89. The number of nitrogen functional groups attached to an aromatic ring is 1. The third kappa shape index (κ3) is 4.66. The van der Waals surface area contributed by atoms with Gasteiger partial charge in [-0.05, 0) is 31.4 Å². The minimum atomic E-state index is 0.228. The maximum atomic E-state index is 12.2. The maximum absolute atomic E-state index is 12.2. The molecule has 1 aromatic rings. The highest BCUT2D eigenvalue weighted by atomic mass is 16.5. The Bertz CT molecular complexity index is 456. The van der Waals surface area contributed by atoms with Gasteiger partial charge in [-0.15, -0.1) is 0 Å². The molecule has 2 N–H and O–H groups in total. The van der Waals surface area contributed by atoms with E-state index in [0.717, 1.165) is 19.3 Å². The van der Waals surface area contributed by atoms with Crippen molar-refractivity contribution in [2.24, 2.45) is 0 Å². The second kappa shape index (κ2) is 7.91. The first-order chi connectivity index (χ1) is 10.2. The predicted molar refractivity (Wildman–Crippen MR) is 85.2 cm³/mol. The zero-order chi connectivity index (χ0) is 15.1. The Hall–Kier alpha value is -1.71. The van der Waals surface area contributed by atoms with Gasteiger partial charge in [0.05, 0.1) is 12.3 Å². The molecule has 0 aromatic heterocycles. The van der Waals surface area contributed by atoms with Gasteiger partial charge in [0.15, 0.2) is 0 Å². The van der Waals surface area contributed by atoms with Crippen LogP contribution < -0.4 is 10.5 Å². The average Bonchev–Trinajstić information content (AvgIpc) is 2.53. The van der Waals surface area contributed by atoms with Crippen molar-refractivity contribution in [3.8, 4) is 5.75 Å². The van der Waals surface area contributed by atoms with E-state index >= 15 is 0 Å². The fourth-order valence-corrected chi connectivity index (χ4v) is 2.87. The summed E-state index contributed by atoms with van der Waals surface area (Å²) in [6.45, 7) is 0.526. The van der Waals surface area contributed by atoms with E-state index in [1.807, 2.05) is 36.2 Å². The summed E-state index contributed by atoms with van der Waals surface area (Å²) >= 11 is 0. The zero-order valence-corrected chi connectivity index (χ0v) is 12.9. The monoisotopic (exact) mass is 290 g/mol. The molecule has 116 valence electrons. The molecule has 2 rings (SSSR count). The number of ether oxygens (including phenoxy) is 1.